The van der Waals surface area contributed by atoms with Crippen molar-refractivity contribution < 1.29 is 4.79 Å². The van der Waals surface area contributed by atoms with Gasteiger partial charge in [-0.2, -0.15) is 0 Å². The molecular weight excluding hydrogens is 200 g/mol. The van der Waals surface area contributed by atoms with Gasteiger partial charge in [-0.25, -0.2) is 0 Å². The van der Waals surface area contributed by atoms with Gasteiger partial charge in [0.25, 0.3) is 0 Å². The average molecular weight is 218 g/mol. The number of hydrogen-bond acceptors (Lipinski definition) is 2. The number of carbonyl (C=O) groups is 1. The van der Waals surface area contributed by atoms with Gasteiger partial charge >= 0.3 is 0 Å². The molecule has 1 fully saturated rings. The molecule has 2 rings (SSSR count). The highest BCUT2D eigenvalue weighted by Gasteiger charge is 2.34. The van der Waals surface area contributed by atoms with E-state index in [0.717, 1.165) is 18.4 Å². The third kappa shape index (κ3) is 2.25. The maximum atomic E-state index is 11.9. The number of benzene rings is 1. The van der Waals surface area contributed by atoms with Crippen LogP contribution in [0, 0.1) is 0 Å². The van der Waals surface area contributed by atoms with Crippen LogP contribution in [0.15, 0.2) is 30.3 Å². The monoisotopic (exact) mass is 218 g/mol. The molecular formula is C13H18N2O. The molecule has 3 heteroatoms. The zero-order chi connectivity index (χ0) is 11.6. The molecule has 0 aliphatic heterocycles. The highest BCUT2D eigenvalue weighted by Crippen LogP contribution is 2.31. The van der Waals surface area contributed by atoms with E-state index in [1.807, 2.05) is 30.3 Å². The van der Waals surface area contributed by atoms with Gasteiger partial charge in [0, 0.05) is 5.54 Å². The second-order valence-corrected chi connectivity index (χ2v) is 4.79. The van der Waals surface area contributed by atoms with Gasteiger partial charge in [-0.1, -0.05) is 30.3 Å². The lowest BCUT2D eigenvalue weighted by Gasteiger charge is -2.39. The van der Waals surface area contributed by atoms with Crippen LogP contribution in [0.4, 0.5) is 0 Å². The van der Waals surface area contributed by atoms with E-state index in [1.54, 1.807) is 0 Å². The van der Waals surface area contributed by atoms with Crippen LogP contribution in [0.2, 0.25) is 0 Å². The summed E-state index contributed by atoms with van der Waals surface area (Å²) >= 11 is 0. The van der Waals surface area contributed by atoms with Gasteiger partial charge in [-0.15, -0.1) is 0 Å². The average Bonchev–Trinajstić information content (AvgIpc) is 2.27. The van der Waals surface area contributed by atoms with Crippen molar-refractivity contribution >= 4 is 5.91 Å². The molecule has 1 amide bonds. The standard InChI is InChI=1S/C13H18N2O/c1-13(8-5-9-13)15-12(16)11(14)10-6-3-2-4-7-10/h2-4,6-7,11H,5,8-9,14H2,1H3,(H,15,16)/t11-/m1/s1. The molecule has 1 aliphatic carbocycles. The first kappa shape index (κ1) is 11.1. The van der Waals surface area contributed by atoms with Gasteiger partial charge in [0.1, 0.15) is 6.04 Å². The predicted octanol–water partition coefficient (Wildman–Crippen LogP) is 1.75. The van der Waals surface area contributed by atoms with Crippen molar-refractivity contribution in [3.05, 3.63) is 35.9 Å². The number of hydrogen-bond donors (Lipinski definition) is 2. The van der Waals surface area contributed by atoms with Crippen molar-refractivity contribution in [3.8, 4) is 0 Å². The number of rotatable bonds is 3. The highest BCUT2D eigenvalue weighted by atomic mass is 16.2. The topological polar surface area (TPSA) is 55.1 Å². The van der Waals surface area contributed by atoms with Gasteiger partial charge in [0.05, 0.1) is 0 Å². The van der Waals surface area contributed by atoms with Crippen molar-refractivity contribution in [1.82, 2.24) is 5.32 Å². The van der Waals surface area contributed by atoms with E-state index in [9.17, 15) is 4.79 Å². The molecule has 1 saturated carbocycles. The number of nitrogens with two attached hydrogens (primary N) is 1. The van der Waals surface area contributed by atoms with E-state index >= 15 is 0 Å². The zero-order valence-electron chi connectivity index (χ0n) is 9.57. The lowest BCUT2D eigenvalue weighted by Crippen LogP contribution is -2.53. The molecule has 0 saturated heterocycles. The van der Waals surface area contributed by atoms with E-state index in [4.69, 9.17) is 5.73 Å². The number of nitrogens with one attached hydrogen (secondary N) is 1. The molecule has 86 valence electrons. The van der Waals surface area contributed by atoms with Crippen LogP contribution >= 0.6 is 0 Å². The largest absolute Gasteiger partial charge is 0.349 e. The molecule has 0 bridgehead atoms. The fraction of sp³-hybridized carbons (Fsp3) is 0.462. The molecule has 1 atom stereocenters. The molecule has 0 radical (unpaired) electrons. The Bertz CT molecular complexity index is 371. The quantitative estimate of drug-likeness (QED) is 0.812. The molecule has 0 aromatic heterocycles. The molecule has 0 spiro atoms. The van der Waals surface area contributed by atoms with Gasteiger partial charge in [-0.3, -0.25) is 4.79 Å². The maximum absolute atomic E-state index is 11.9. The highest BCUT2D eigenvalue weighted by molar-refractivity contribution is 5.83. The normalized spacial score (nSPS) is 19.6. The van der Waals surface area contributed by atoms with Crippen molar-refractivity contribution in [2.24, 2.45) is 5.73 Å². The number of amides is 1. The van der Waals surface area contributed by atoms with Gasteiger partial charge in [-0.05, 0) is 31.7 Å². The summed E-state index contributed by atoms with van der Waals surface area (Å²) in [6, 6.07) is 8.92. The number of carbonyl (C=O) groups excluding carboxylic acids is 1. The van der Waals surface area contributed by atoms with Crippen molar-refractivity contribution in [3.63, 3.8) is 0 Å². The Labute approximate surface area is 96.0 Å². The van der Waals surface area contributed by atoms with Crippen molar-refractivity contribution in [1.29, 1.82) is 0 Å². The fourth-order valence-corrected chi connectivity index (χ4v) is 2.02. The van der Waals surface area contributed by atoms with E-state index in [-0.39, 0.29) is 11.4 Å². The minimum absolute atomic E-state index is 0.0243. The summed E-state index contributed by atoms with van der Waals surface area (Å²) in [4.78, 5) is 11.9. The zero-order valence-corrected chi connectivity index (χ0v) is 9.57. The van der Waals surface area contributed by atoms with Crippen molar-refractivity contribution in [2.75, 3.05) is 0 Å². The summed E-state index contributed by atoms with van der Waals surface area (Å²) in [6.07, 6.45) is 3.30. The molecule has 0 heterocycles. The Morgan fingerprint density at radius 2 is 2.00 bits per heavy atom. The first-order chi connectivity index (χ1) is 7.61. The minimum atomic E-state index is -0.557. The van der Waals surface area contributed by atoms with Gasteiger partial charge in [0.2, 0.25) is 5.91 Å². The molecule has 1 aromatic carbocycles. The Morgan fingerprint density at radius 3 is 2.50 bits per heavy atom. The summed E-state index contributed by atoms with van der Waals surface area (Å²) in [5, 5.41) is 3.03. The van der Waals surface area contributed by atoms with Crippen LogP contribution in [-0.2, 0) is 4.79 Å². The second-order valence-electron chi connectivity index (χ2n) is 4.79. The molecule has 1 aromatic rings. The fourth-order valence-electron chi connectivity index (χ4n) is 2.02. The first-order valence-electron chi connectivity index (χ1n) is 5.73. The lowest BCUT2D eigenvalue weighted by atomic mass is 9.78. The van der Waals surface area contributed by atoms with Crippen LogP contribution in [0.5, 0.6) is 0 Å². The molecule has 16 heavy (non-hydrogen) atoms. The second kappa shape index (κ2) is 4.26. The predicted molar refractivity (Wildman–Crippen MR) is 63.8 cm³/mol. The van der Waals surface area contributed by atoms with Crippen LogP contribution in [0.3, 0.4) is 0 Å². The summed E-state index contributed by atoms with van der Waals surface area (Å²) < 4.78 is 0. The summed E-state index contributed by atoms with van der Waals surface area (Å²) in [5.74, 6) is -0.0756. The van der Waals surface area contributed by atoms with Crippen molar-refractivity contribution in [2.45, 2.75) is 37.8 Å². The Morgan fingerprint density at radius 1 is 1.38 bits per heavy atom. The minimum Gasteiger partial charge on any atom is -0.349 e. The molecule has 1 aliphatic rings. The van der Waals surface area contributed by atoms with Crippen LogP contribution < -0.4 is 11.1 Å². The SMILES string of the molecule is CC1(NC(=O)[C@H](N)c2ccccc2)CCC1. The van der Waals surface area contributed by atoms with Gasteiger partial charge in [0.15, 0.2) is 0 Å². The molecule has 3 N–H and O–H groups in total. The van der Waals surface area contributed by atoms with Crippen LogP contribution in [0.25, 0.3) is 0 Å². The third-order valence-electron chi connectivity index (χ3n) is 3.32. The van der Waals surface area contributed by atoms with Gasteiger partial charge < -0.3 is 11.1 Å². The summed E-state index contributed by atoms with van der Waals surface area (Å²) in [5.41, 5.74) is 6.75. The van der Waals surface area contributed by atoms with Crippen LogP contribution in [-0.4, -0.2) is 11.4 Å². The van der Waals surface area contributed by atoms with E-state index in [1.165, 1.54) is 6.42 Å². The summed E-state index contributed by atoms with van der Waals surface area (Å²) in [7, 11) is 0. The van der Waals surface area contributed by atoms with E-state index in [2.05, 4.69) is 12.2 Å². The smallest absolute Gasteiger partial charge is 0.241 e. The molecule has 0 unspecified atom stereocenters. The Hall–Kier alpha value is -1.35. The summed E-state index contributed by atoms with van der Waals surface area (Å²) in [6.45, 7) is 2.08. The Kier molecular flexibility index (Phi) is 2.97. The maximum Gasteiger partial charge on any atom is 0.241 e. The van der Waals surface area contributed by atoms with Crippen LogP contribution in [0.1, 0.15) is 37.8 Å². The lowest BCUT2D eigenvalue weighted by molar-refractivity contribution is -0.125. The first-order valence-corrected chi connectivity index (χ1v) is 5.73. The molecule has 3 nitrogen and oxygen atoms in total. The third-order valence-corrected chi connectivity index (χ3v) is 3.32. The Balaban J connectivity index is 1.99. The van der Waals surface area contributed by atoms with E-state index in [0.29, 0.717) is 0 Å². The van der Waals surface area contributed by atoms with E-state index < -0.39 is 6.04 Å².